The normalized spacial score (nSPS) is 11.4. The van der Waals surface area contributed by atoms with Crippen LogP contribution in [0.15, 0.2) is 42.5 Å². The molecule has 1 unspecified atom stereocenters. The number of methoxy groups -OCH3 is 1. The van der Waals surface area contributed by atoms with Gasteiger partial charge in [-0.2, -0.15) is 0 Å². The fraction of sp³-hybridized carbons (Fsp3) is 0.333. The van der Waals surface area contributed by atoms with Crippen LogP contribution in [0.5, 0.6) is 0 Å². The topological polar surface area (TPSA) is 81.4 Å². The Morgan fingerprint density at radius 3 is 2.37 bits per heavy atom. The molecule has 0 heterocycles. The van der Waals surface area contributed by atoms with Crippen molar-refractivity contribution in [3.05, 3.63) is 53.6 Å². The van der Waals surface area contributed by atoms with Crippen LogP contribution < -0.4 is 11.1 Å². The van der Waals surface area contributed by atoms with Gasteiger partial charge in [-0.25, -0.2) is 4.79 Å². The number of hydrogen-bond acceptors (Lipinski definition) is 4. The van der Waals surface area contributed by atoms with Crippen LogP contribution in [-0.4, -0.2) is 25.0 Å². The maximum Gasteiger partial charge on any atom is 0.328 e. The molecule has 0 aliphatic heterocycles. The fourth-order valence-corrected chi connectivity index (χ4v) is 2.92. The van der Waals surface area contributed by atoms with E-state index in [-0.39, 0.29) is 24.2 Å². The van der Waals surface area contributed by atoms with Crippen LogP contribution in [0.25, 0.3) is 11.1 Å². The summed E-state index contributed by atoms with van der Waals surface area (Å²) < 4.78 is 4.83. The number of esters is 1. The van der Waals surface area contributed by atoms with E-state index in [2.05, 4.69) is 5.32 Å². The van der Waals surface area contributed by atoms with Crippen molar-refractivity contribution in [3.63, 3.8) is 0 Å². The van der Waals surface area contributed by atoms with Crippen molar-refractivity contribution < 1.29 is 14.3 Å². The second-order valence-corrected chi connectivity index (χ2v) is 6.80. The van der Waals surface area contributed by atoms with Gasteiger partial charge >= 0.3 is 5.97 Å². The highest BCUT2D eigenvalue weighted by atomic mass is 35.5. The second kappa shape index (κ2) is 9.97. The number of ether oxygens (including phenoxy) is 1. The lowest BCUT2D eigenvalue weighted by Crippen LogP contribution is -2.42. The summed E-state index contributed by atoms with van der Waals surface area (Å²) in [6.07, 6.45) is 0.507. The van der Waals surface area contributed by atoms with E-state index in [1.807, 2.05) is 45.0 Å². The van der Waals surface area contributed by atoms with Crippen molar-refractivity contribution in [1.82, 2.24) is 5.32 Å². The Balaban J connectivity index is 0.00000364. The van der Waals surface area contributed by atoms with Crippen molar-refractivity contribution in [2.45, 2.75) is 33.2 Å². The van der Waals surface area contributed by atoms with Gasteiger partial charge in [-0.3, -0.25) is 4.79 Å². The Morgan fingerprint density at radius 1 is 1.11 bits per heavy atom. The van der Waals surface area contributed by atoms with Crippen molar-refractivity contribution >= 4 is 30.0 Å². The van der Waals surface area contributed by atoms with Crippen molar-refractivity contribution in [2.75, 3.05) is 12.8 Å². The summed E-state index contributed by atoms with van der Waals surface area (Å²) in [6, 6.07) is 12.3. The molecular weight excluding hydrogens is 364 g/mol. The standard InChI is InChI=1S/C21H26N2O3.ClH/c1-13(2)11-19(21(25)26-4)23-20(24)17-10-9-15(22)12-18(17)16-8-6-5-7-14(16)3;/h5-10,12-13,19H,11,22H2,1-4H3,(H,23,24);1H. The Bertz CT molecular complexity index is 806. The third-order valence-corrected chi connectivity index (χ3v) is 4.22. The fourth-order valence-electron chi connectivity index (χ4n) is 2.92. The minimum Gasteiger partial charge on any atom is -0.467 e. The number of nitrogens with one attached hydrogen (secondary N) is 1. The summed E-state index contributed by atoms with van der Waals surface area (Å²) in [7, 11) is 1.32. The zero-order chi connectivity index (χ0) is 19.3. The van der Waals surface area contributed by atoms with E-state index in [4.69, 9.17) is 10.5 Å². The third kappa shape index (κ3) is 5.73. The average Bonchev–Trinajstić information content (AvgIpc) is 2.60. The lowest BCUT2D eigenvalue weighted by atomic mass is 9.94. The molecule has 2 aromatic carbocycles. The Labute approximate surface area is 166 Å². The number of halogens is 1. The van der Waals surface area contributed by atoms with Crippen LogP contribution in [0.3, 0.4) is 0 Å². The molecule has 6 heteroatoms. The highest BCUT2D eigenvalue weighted by molar-refractivity contribution is 6.03. The van der Waals surface area contributed by atoms with Crippen LogP contribution in [-0.2, 0) is 9.53 Å². The molecule has 0 fully saturated rings. The van der Waals surface area contributed by atoms with Gasteiger partial charge in [0.2, 0.25) is 0 Å². The predicted molar refractivity (Wildman–Crippen MR) is 111 cm³/mol. The number of anilines is 1. The molecule has 2 aromatic rings. The van der Waals surface area contributed by atoms with Gasteiger partial charge in [-0.15, -0.1) is 12.4 Å². The Kier molecular flexibility index (Phi) is 8.32. The van der Waals surface area contributed by atoms with Crippen LogP contribution in [0.4, 0.5) is 5.69 Å². The molecule has 146 valence electrons. The summed E-state index contributed by atoms with van der Waals surface area (Å²) in [6.45, 7) is 5.96. The van der Waals surface area contributed by atoms with Crippen LogP contribution >= 0.6 is 12.4 Å². The van der Waals surface area contributed by atoms with E-state index in [1.54, 1.807) is 18.2 Å². The number of rotatable bonds is 6. The van der Waals surface area contributed by atoms with E-state index < -0.39 is 12.0 Å². The number of carbonyl (C=O) groups is 2. The molecule has 2 rings (SSSR count). The summed E-state index contributed by atoms with van der Waals surface area (Å²) in [5.74, 6) is -0.527. The zero-order valence-corrected chi connectivity index (χ0v) is 16.9. The molecule has 0 aliphatic carbocycles. The first-order valence-corrected chi connectivity index (χ1v) is 8.67. The highest BCUT2D eigenvalue weighted by Gasteiger charge is 2.24. The van der Waals surface area contributed by atoms with Crippen molar-refractivity contribution in [1.29, 1.82) is 0 Å². The van der Waals surface area contributed by atoms with Gasteiger partial charge < -0.3 is 15.8 Å². The molecule has 0 saturated heterocycles. The number of hydrogen-bond donors (Lipinski definition) is 2. The number of benzene rings is 2. The lowest BCUT2D eigenvalue weighted by Gasteiger charge is -2.20. The molecule has 1 atom stereocenters. The summed E-state index contributed by atoms with van der Waals surface area (Å²) in [5, 5.41) is 2.81. The van der Waals surface area contributed by atoms with Crippen LogP contribution in [0, 0.1) is 12.8 Å². The van der Waals surface area contributed by atoms with Gasteiger partial charge in [0, 0.05) is 11.3 Å². The molecule has 5 nitrogen and oxygen atoms in total. The largest absolute Gasteiger partial charge is 0.467 e. The maximum atomic E-state index is 12.9. The van der Waals surface area contributed by atoms with Gasteiger partial charge in [0.25, 0.3) is 5.91 Å². The van der Waals surface area contributed by atoms with E-state index >= 15 is 0 Å². The average molecular weight is 391 g/mol. The molecule has 0 aromatic heterocycles. The van der Waals surface area contributed by atoms with Gasteiger partial charge in [-0.1, -0.05) is 38.1 Å². The van der Waals surface area contributed by atoms with Gasteiger partial charge in [-0.05, 0) is 54.2 Å². The molecule has 0 spiro atoms. The van der Waals surface area contributed by atoms with Crippen molar-refractivity contribution in [3.8, 4) is 11.1 Å². The van der Waals surface area contributed by atoms with Gasteiger partial charge in [0.1, 0.15) is 6.04 Å². The minimum absolute atomic E-state index is 0. The SMILES string of the molecule is COC(=O)C(CC(C)C)NC(=O)c1ccc(N)cc1-c1ccccc1C.Cl. The van der Waals surface area contributed by atoms with E-state index in [0.717, 1.165) is 16.7 Å². The van der Waals surface area contributed by atoms with E-state index in [1.165, 1.54) is 7.11 Å². The first-order valence-electron chi connectivity index (χ1n) is 8.67. The first-order chi connectivity index (χ1) is 12.3. The summed E-state index contributed by atoms with van der Waals surface area (Å²) in [5.41, 5.74) is 9.72. The van der Waals surface area contributed by atoms with E-state index in [9.17, 15) is 9.59 Å². The number of aryl methyl sites for hydroxylation is 1. The summed E-state index contributed by atoms with van der Waals surface area (Å²) >= 11 is 0. The zero-order valence-electron chi connectivity index (χ0n) is 16.1. The Hall–Kier alpha value is -2.53. The molecule has 0 radical (unpaired) electrons. The molecule has 3 N–H and O–H groups in total. The monoisotopic (exact) mass is 390 g/mol. The second-order valence-electron chi connectivity index (χ2n) is 6.80. The third-order valence-electron chi connectivity index (χ3n) is 4.22. The molecule has 0 saturated carbocycles. The van der Waals surface area contributed by atoms with Gasteiger partial charge in [0.05, 0.1) is 7.11 Å². The number of carbonyl (C=O) groups excluding carboxylic acids is 2. The summed E-state index contributed by atoms with van der Waals surface area (Å²) in [4.78, 5) is 24.9. The molecule has 1 amide bonds. The minimum atomic E-state index is -0.685. The highest BCUT2D eigenvalue weighted by Crippen LogP contribution is 2.29. The van der Waals surface area contributed by atoms with Gasteiger partial charge in [0.15, 0.2) is 0 Å². The predicted octanol–water partition coefficient (Wildman–Crippen LogP) is 3.98. The smallest absolute Gasteiger partial charge is 0.328 e. The lowest BCUT2D eigenvalue weighted by molar-refractivity contribution is -0.143. The quantitative estimate of drug-likeness (QED) is 0.577. The maximum absolute atomic E-state index is 12.9. The van der Waals surface area contributed by atoms with Crippen LogP contribution in [0.1, 0.15) is 36.2 Å². The van der Waals surface area contributed by atoms with E-state index in [0.29, 0.717) is 17.7 Å². The molecule has 0 aliphatic rings. The number of nitrogens with two attached hydrogens (primary N) is 1. The number of amides is 1. The van der Waals surface area contributed by atoms with Crippen molar-refractivity contribution in [2.24, 2.45) is 5.92 Å². The first kappa shape index (κ1) is 22.5. The molecule has 27 heavy (non-hydrogen) atoms. The van der Waals surface area contributed by atoms with Crippen LogP contribution in [0.2, 0.25) is 0 Å². The molecule has 0 bridgehead atoms. The molecular formula is C21H27ClN2O3. The Morgan fingerprint density at radius 2 is 1.78 bits per heavy atom. The number of nitrogen functional groups attached to an aromatic ring is 1.